The fourth-order valence-corrected chi connectivity index (χ4v) is 1.90. The maximum Gasteiger partial charge on any atom is 0.165 e. The maximum absolute atomic E-state index is 13.6. The Kier molecular flexibility index (Phi) is 4.52. The number of aromatic nitrogens is 2. The molecule has 1 heterocycles. The van der Waals surface area contributed by atoms with E-state index in [4.69, 9.17) is 4.74 Å². The highest BCUT2D eigenvalue weighted by Gasteiger charge is 2.07. The van der Waals surface area contributed by atoms with E-state index in [2.05, 4.69) is 15.3 Å². The topological polar surface area (TPSA) is 49.9 Å². The number of imidazole rings is 1. The van der Waals surface area contributed by atoms with Gasteiger partial charge in [0.15, 0.2) is 11.6 Å². The number of nitrogens with zero attached hydrogens (tertiary/aromatic N) is 1. The Bertz CT molecular complexity index is 539. The van der Waals surface area contributed by atoms with Crippen LogP contribution in [0.2, 0.25) is 0 Å². The number of hydrogen-bond acceptors (Lipinski definition) is 3. The Morgan fingerprint density at radius 1 is 1.42 bits per heavy atom. The van der Waals surface area contributed by atoms with Gasteiger partial charge in [0, 0.05) is 12.0 Å². The van der Waals surface area contributed by atoms with Gasteiger partial charge in [0.25, 0.3) is 0 Å². The van der Waals surface area contributed by atoms with Crippen molar-refractivity contribution >= 4 is 0 Å². The number of ether oxygens (including phenoxy) is 1. The molecule has 0 aliphatic rings. The fourth-order valence-electron chi connectivity index (χ4n) is 1.90. The first kappa shape index (κ1) is 13.5. The summed E-state index contributed by atoms with van der Waals surface area (Å²) in [4.78, 5) is 7.51. The van der Waals surface area contributed by atoms with Gasteiger partial charge in [-0.05, 0) is 38.2 Å². The van der Waals surface area contributed by atoms with Gasteiger partial charge in [0.05, 0.1) is 19.0 Å². The van der Waals surface area contributed by atoms with Gasteiger partial charge in [-0.25, -0.2) is 9.37 Å². The summed E-state index contributed by atoms with van der Waals surface area (Å²) in [5.74, 6) is 0.797. The first-order valence-electron chi connectivity index (χ1n) is 6.27. The number of benzene rings is 1. The monoisotopic (exact) mass is 263 g/mol. The van der Waals surface area contributed by atoms with E-state index in [1.54, 1.807) is 12.3 Å². The summed E-state index contributed by atoms with van der Waals surface area (Å²) >= 11 is 0. The van der Waals surface area contributed by atoms with Crippen LogP contribution in [0.5, 0.6) is 5.75 Å². The normalized spacial score (nSPS) is 10.7. The van der Waals surface area contributed by atoms with Crippen LogP contribution < -0.4 is 10.1 Å². The first-order valence-corrected chi connectivity index (χ1v) is 6.27. The van der Waals surface area contributed by atoms with Crippen LogP contribution in [-0.2, 0) is 6.42 Å². The van der Waals surface area contributed by atoms with E-state index < -0.39 is 0 Å². The van der Waals surface area contributed by atoms with Crippen LogP contribution in [0.3, 0.4) is 0 Å². The van der Waals surface area contributed by atoms with Crippen LogP contribution in [0, 0.1) is 5.82 Å². The summed E-state index contributed by atoms with van der Waals surface area (Å²) in [6.07, 6.45) is 3.62. The van der Waals surface area contributed by atoms with Gasteiger partial charge in [-0.15, -0.1) is 0 Å². The molecule has 1 aromatic heterocycles. The molecule has 0 atom stereocenters. The van der Waals surface area contributed by atoms with Gasteiger partial charge in [0.1, 0.15) is 5.82 Å². The van der Waals surface area contributed by atoms with Crippen molar-refractivity contribution < 1.29 is 9.13 Å². The second-order valence-corrected chi connectivity index (χ2v) is 4.30. The third kappa shape index (κ3) is 3.32. The van der Waals surface area contributed by atoms with E-state index in [1.165, 1.54) is 13.2 Å². The summed E-state index contributed by atoms with van der Waals surface area (Å²) in [5, 5.41) is 3.09. The summed E-state index contributed by atoms with van der Waals surface area (Å²) in [7, 11) is 3.38. The van der Waals surface area contributed by atoms with Crippen LogP contribution >= 0.6 is 0 Å². The van der Waals surface area contributed by atoms with Crippen LogP contribution in [0.25, 0.3) is 11.3 Å². The number of aryl methyl sites for hydroxylation is 1. The highest BCUT2D eigenvalue weighted by molar-refractivity contribution is 5.59. The molecule has 2 aromatic rings. The molecule has 5 heteroatoms. The zero-order valence-corrected chi connectivity index (χ0v) is 11.2. The highest BCUT2D eigenvalue weighted by Crippen LogP contribution is 2.24. The SMILES string of the molecule is CNCCCc1ncc(-c2ccc(OC)c(F)c2)[nH]1. The first-order chi connectivity index (χ1) is 9.24. The third-order valence-corrected chi connectivity index (χ3v) is 2.93. The molecule has 102 valence electrons. The van der Waals surface area contributed by atoms with Gasteiger partial charge in [-0.1, -0.05) is 0 Å². The van der Waals surface area contributed by atoms with Crippen LogP contribution in [-0.4, -0.2) is 30.7 Å². The lowest BCUT2D eigenvalue weighted by molar-refractivity contribution is 0.386. The second-order valence-electron chi connectivity index (χ2n) is 4.30. The molecule has 0 fully saturated rings. The standard InChI is InChI=1S/C14H18FN3O/c1-16-7-3-4-14-17-9-12(18-14)10-5-6-13(19-2)11(15)8-10/h5-6,8-9,16H,3-4,7H2,1-2H3,(H,17,18). The van der Waals surface area contributed by atoms with Crippen LogP contribution in [0.15, 0.2) is 24.4 Å². The zero-order chi connectivity index (χ0) is 13.7. The van der Waals surface area contributed by atoms with E-state index >= 15 is 0 Å². The molecule has 4 nitrogen and oxygen atoms in total. The maximum atomic E-state index is 13.6. The molecule has 0 aliphatic carbocycles. The van der Waals surface area contributed by atoms with Gasteiger partial charge in [-0.3, -0.25) is 0 Å². The number of nitrogens with one attached hydrogen (secondary N) is 2. The molecular formula is C14H18FN3O. The molecule has 0 radical (unpaired) electrons. The van der Waals surface area contributed by atoms with E-state index in [1.807, 2.05) is 13.1 Å². The van der Waals surface area contributed by atoms with Gasteiger partial charge < -0.3 is 15.0 Å². The number of aromatic amines is 1. The Morgan fingerprint density at radius 2 is 2.26 bits per heavy atom. The van der Waals surface area contributed by atoms with Crippen molar-refractivity contribution in [2.45, 2.75) is 12.8 Å². The van der Waals surface area contributed by atoms with E-state index in [9.17, 15) is 4.39 Å². The zero-order valence-electron chi connectivity index (χ0n) is 11.2. The summed E-state index contributed by atoms with van der Waals surface area (Å²) in [5.41, 5.74) is 1.59. The Morgan fingerprint density at radius 3 is 2.95 bits per heavy atom. The highest BCUT2D eigenvalue weighted by atomic mass is 19.1. The van der Waals surface area contributed by atoms with Crippen molar-refractivity contribution in [3.63, 3.8) is 0 Å². The molecule has 0 saturated heterocycles. The van der Waals surface area contributed by atoms with E-state index in [0.717, 1.165) is 36.5 Å². The molecule has 0 bridgehead atoms. The molecule has 0 amide bonds. The quantitative estimate of drug-likeness (QED) is 0.787. The molecule has 0 aliphatic heterocycles. The van der Waals surface area contributed by atoms with Crippen LogP contribution in [0.1, 0.15) is 12.2 Å². The molecule has 0 saturated carbocycles. The largest absolute Gasteiger partial charge is 0.494 e. The lowest BCUT2D eigenvalue weighted by Gasteiger charge is -2.03. The van der Waals surface area contributed by atoms with Gasteiger partial charge >= 0.3 is 0 Å². The molecule has 0 unspecified atom stereocenters. The second kappa shape index (κ2) is 6.33. The van der Waals surface area contributed by atoms with Crippen molar-refractivity contribution in [2.24, 2.45) is 0 Å². The fraction of sp³-hybridized carbons (Fsp3) is 0.357. The number of H-pyrrole nitrogens is 1. The van der Waals surface area contributed by atoms with Crippen molar-refractivity contribution in [2.75, 3.05) is 20.7 Å². The van der Waals surface area contributed by atoms with Gasteiger partial charge in [0.2, 0.25) is 0 Å². The predicted octanol–water partition coefficient (Wildman–Crippen LogP) is 2.38. The van der Waals surface area contributed by atoms with Gasteiger partial charge in [-0.2, -0.15) is 0 Å². The number of halogens is 1. The number of hydrogen-bond donors (Lipinski definition) is 2. The van der Waals surface area contributed by atoms with Crippen molar-refractivity contribution in [1.29, 1.82) is 0 Å². The summed E-state index contributed by atoms with van der Waals surface area (Å²) in [6, 6.07) is 4.88. The number of methoxy groups -OCH3 is 1. The average molecular weight is 263 g/mol. The van der Waals surface area contributed by atoms with E-state index in [0.29, 0.717) is 0 Å². The minimum absolute atomic E-state index is 0.248. The molecule has 1 aromatic carbocycles. The molecule has 2 N–H and O–H groups in total. The smallest absolute Gasteiger partial charge is 0.165 e. The molecule has 19 heavy (non-hydrogen) atoms. The third-order valence-electron chi connectivity index (χ3n) is 2.93. The molecular weight excluding hydrogens is 245 g/mol. The van der Waals surface area contributed by atoms with Crippen molar-refractivity contribution in [3.8, 4) is 17.0 Å². The van der Waals surface area contributed by atoms with Crippen molar-refractivity contribution in [3.05, 3.63) is 36.0 Å². The van der Waals surface area contributed by atoms with E-state index in [-0.39, 0.29) is 11.6 Å². The van der Waals surface area contributed by atoms with Crippen LogP contribution in [0.4, 0.5) is 4.39 Å². The van der Waals surface area contributed by atoms with Crippen molar-refractivity contribution in [1.82, 2.24) is 15.3 Å². The Hall–Kier alpha value is -1.88. The molecule has 2 rings (SSSR count). The lowest BCUT2D eigenvalue weighted by Crippen LogP contribution is -2.08. The lowest BCUT2D eigenvalue weighted by atomic mass is 10.1. The minimum atomic E-state index is -0.369. The summed E-state index contributed by atoms with van der Waals surface area (Å²) < 4.78 is 18.5. The predicted molar refractivity (Wildman–Crippen MR) is 72.8 cm³/mol. The Balaban J connectivity index is 2.11. The summed E-state index contributed by atoms with van der Waals surface area (Å²) in [6.45, 7) is 0.952. The minimum Gasteiger partial charge on any atom is -0.494 e. The average Bonchev–Trinajstić information content (AvgIpc) is 2.88. The Labute approximate surface area is 112 Å². The number of rotatable bonds is 6. The molecule has 0 spiro atoms.